The summed E-state index contributed by atoms with van der Waals surface area (Å²) in [5.74, 6) is 0. The maximum atomic E-state index is 9.67. The topological polar surface area (TPSA) is 35.5 Å². The Kier molecular flexibility index (Phi) is 7.24. The van der Waals surface area contributed by atoms with Gasteiger partial charge < -0.3 is 14.3 Å². The van der Waals surface area contributed by atoms with Crippen molar-refractivity contribution >= 4 is 6.29 Å². The third kappa shape index (κ3) is 7.59. The number of hydrogen-bond acceptors (Lipinski definition) is 3. The lowest BCUT2D eigenvalue weighted by molar-refractivity contribution is -0.112. The molecule has 0 fully saturated rings. The molecule has 0 radical (unpaired) electrons. The summed E-state index contributed by atoms with van der Waals surface area (Å²) in [5.41, 5.74) is 0. The van der Waals surface area contributed by atoms with Crippen molar-refractivity contribution in [2.75, 3.05) is 26.4 Å². The van der Waals surface area contributed by atoms with E-state index in [-0.39, 0.29) is 6.61 Å². The molecule has 0 spiro atoms. The second-order valence-electron chi connectivity index (χ2n) is 1.44. The van der Waals surface area contributed by atoms with Crippen molar-refractivity contribution in [2.45, 2.75) is 6.92 Å². The maximum absolute atomic E-state index is 9.67. The summed E-state index contributed by atoms with van der Waals surface area (Å²) in [5, 5.41) is 0. The smallest absolute Gasteiger partial charge is 0.145 e. The number of rotatable bonds is 6. The molecule has 0 bridgehead atoms. The molecule has 0 aliphatic rings. The van der Waals surface area contributed by atoms with Gasteiger partial charge in [0.05, 0.1) is 13.2 Å². The third-order valence-electron chi connectivity index (χ3n) is 0.762. The van der Waals surface area contributed by atoms with E-state index in [1.807, 2.05) is 6.92 Å². The quantitative estimate of drug-likeness (QED) is 0.383. The van der Waals surface area contributed by atoms with Crippen LogP contribution in [0, 0.1) is 0 Å². The van der Waals surface area contributed by atoms with Gasteiger partial charge in [0, 0.05) is 6.61 Å². The standard InChI is InChI=1S/C6H12O3/c1-2-8-5-6-9-4-3-7/h3H,2,4-6H2,1H3. The lowest BCUT2D eigenvalue weighted by Crippen LogP contribution is -2.04. The first-order valence-corrected chi connectivity index (χ1v) is 3.01. The Morgan fingerprint density at radius 2 is 2.00 bits per heavy atom. The van der Waals surface area contributed by atoms with Gasteiger partial charge >= 0.3 is 0 Å². The van der Waals surface area contributed by atoms with Gasteiger partial charge in [0.25, 0.3) is 0 Å². The summed E-state index contributed by atoms with van der Waals surface area (Å²) in [6, 6.07) is 0. The first kappa shape index (κ1) is 8.59. The van der Waals surface area contributed by atoms with Crippen LogP contribution in [0.2, 0.25) is 0 Å². The number of hydrogen-bond donors (Lipinski definition) is 0. The maximum Gasteiger partial charge on any atom is 0.145 e. The number of carbonyl (C=O) groups is 1. The molecule has 0 saturated heterocycles. The Labute approximate surface area is 55.0 Å². The molecule has 0 saturated carbocycles. The Morgan fingerprint density at radius 1 is 1.33 bits per heavy atom. The third-order valence-corrected chi connectivity index (χ3v) is 0.762. The van der Waals surface area contributed by atoms with Gasteiger partial charge in [-0.25, -0.2) is 0 Å². The van der Waals surface area contributed by atoms with Crippen LogP contribution in [0.3, 0.4) is 0 Å². The van der Waals surface area contributed by atoms with Crippen molar-refractivity contribution in [3.63, 3.8) is 0 Å². The summed E-state index contributed by atoms with van der Waals surface area (Å²) in [6.07, 6.45) is 0.728. The molecule has 0 atom stereocenters. The predicted octanol–water partition coefficient (Wildman–Crippen LogP) is 0.238. The molecule has 0 aliphatic carbocycles. The van der Waals surface area contributed by atoms with Gasteiger partial charge in [0.15, 0.2) is 0 Å². The van der Waals surface area contributed by atoms with Gasteiger partial charge in [0.2, 0.25) is 0 Å². The summed E-state index contributed by atoms with van der Waals surface area (Å²) in [7, 11) is 0. The molecule has 0 aromatic heterocycles. The average molecular weight is 132 g/mol. The number of ether oxygens (including phenoxy) is 2. The van der Waals surface area contributed by atoms with E-state index in [9.17, 15) is 4.79 Å². The molecule has 9 heavy (non-hydrogen) atoms. The molecule has 0 aliphatic heterocycles. The van der Waals surface area contributed by atoms with Crippen molar-refractivity contribution < 1.29 is 14.3 Å². The summed E-state index contributed by atoms with van der Waals surface area (Å²) in [4.78, 5) is 9.67. The Morgan fingerprint density at radius 3 is 2.56 bits per heavy atom. The highest BCUT2D eigenvalue weighted by atomic mass is 16.5. The molecular weight excluding hydrogens is 120 g/mol. The van der Waals surface area contributed by atoms with Crippen LogP contribution in [0.15, 0.2) is 0 Å². The van der Waals surface area contributed by atoms with Crippen LogP contribution in [0.1, 0.15) is 6.92 Å². The molecule has 0 amide bonds. The van der Waals surface area contributed by atoms with Crippen molar-refractivity contribution in [2.24, 2.45) is 0 Å². The van der Waals surface area contributed by atoms with E-state index in [4.69, 9.17) is 9.47 Å². The fourth-order valence-corrected chi connectivity index (χ4v) is 0.394. The van der Waals surface area contributed by atoms with E-state index in [2.05, 4.69) is 0 Å². The SMILES string of the molecule is CCOCCOCC=O. The minimum atomic E-state index is 0.174. The van der Waals surface area contributed by atoms with Crippen LogP contribution >= 0.6 is 0 Å². The lowest BCUT2D eigenvalue weighted by Gasteiger charge is -1.98. The zero-order valence-corrected chi connectivity index (χ0v) is 5.63. The van der Waals surface area contributed by atoms with Crippen LogP contribution in [0.5, 0.6) is 0 Å². The van der Waals surface area contributed by atoms with Crippen LogP contribution in [-0.4, -0.2) is 32.7 Å². The summed E-state index contributed by atoms with van der Waals surface area (Å²) >= 11 is 0. The predicted molar refractivity (Wildman–Crippen MR) is 33.4 cm³/mol. The minimum Gasteiger partial charge on any atom is -0.379 e. The van der Waals surface area contributed by atoms with Crippen LogP contribution in [0.4, 0.5) is 0 Å². The van der Waals surface area contributed by atoms with E-state index in [1.54, 1.807) is 0 Å². The molecule has 54 valence electrons. The Bertz CT molecular complexity index is 63.3. The van der Waals surface area contributed by atoms with Crippen molar-refractivity contribution in [3.05, 3.63) is 0 Å². The molecule has 0 heterocycles. The second kappa shape index (κ2) is 7.59. The molecular formula is C6H12O3. The van der Waals surface area contributed by atoms with Gasteiger partial charge in [-0.05, 0) is 6.92 Å². The second-order valence-corrected chi connectivity index (χ2v) is 1.44. The fraction of sp³-hybridized carbons (Fsp3) is 0.833. The summed E-state index contributed by atoms with van der Waals surface area (Å²) in [6.45, 7) is 3.87. The first-order chi connectivity index (χ1) is 4.41. The largest absolute Gasteiger partial charge is 0.379 e. The molecule has 0 aromatic carbocycles. The van der Waals surface area contributed by atoms with E-state index >= 15 is 0 Å². The van der Waals surface area contributed by atoms with Gasteiger partial charge in [-0.3, -0.25) is 0 Å². The zero-order chi connectivity index (χ0) is 6.95. The molecule has 3 nitrogen and oxygen atoms in total. The highest BCUT2D eigenvalue weighted by molar-refractivity contribution is 5.50. The van der Waals surface area contributed by atoms with Crippen LogP contribution < -0.4 is 0 Å². The molecule has 0 rings (SSSR count). The van der Waals surface area contributed by atoms with Crippen molar-refractivity contribution in [3.8, 4) is 0 Å². The average Bonchev–Trinajstić information content (AvgIpc) is 1.89. The molecule has 0 aromatic rings. The molecule has 3 heteroatoms. The highest BCUT2D eigenvalue weighted by Crippen LogP contribution is 1.74. The molecule has 0 unspecified atom stereocenters. The van der Waals surface area contributed by atoms with E-state index in [0.29, 0.717) is 19.8 Å². The molecule has 0 N–H and O–H groups in total. The Balaban J connectivity index is 2.66. The van der Waals surface area contributed by atoms with Gasteiger partial charge in [-0.2, -0.15) is 0 Å². The number of aldehydes is 1. The zero-order valence-electron chi connectivity index (χ0n) is 5.63. The summed E-state index contributed by atoms with van der Waals surface area (Å²) < 4.78 is 9.73. The monoisotopic (exact) mass is 132 g/mol. The number of carbonyl (C=O) groups excluding carboxylic acids is 1. The fourth-order valence-electron chi connectivity index (χ4n) is 0.394. The Hall–Kier alpha value is -0.410. The van der Waals surface area contributed by atoms with Gasteiger partial charge in [0.1, 0.15) is 12.9 Å². The van der Waals surface area contributed by atoms with Crippen molar-refractivity contribution in [1.29, 1.82) is 0 Å². The first-order valence-electron chi connectivity index (χ1n) is 3.01. The lowest BCUT2D eigenvalue weighted by atomic mass is 10.7. The van der Waals surface area contributed by atoms with Gasteiger partial charge in [-0.15, -0.1) is 0 Å². The minimum absolute atomic E-state index is 0.174. The van der Waals surface area contributed by atoms with Crippen LogP contribution in [0.25, 0.3) is 0 Å². The van der Waals surface area contributed by atoms with E-state index < -0.39 is 0 Å². The van der Waals surface area contributed by atoms with E-state index in [0.717, 1.165) is 6.29 Å². The van der Waals surface area contributed by atoms with E-state index in [1.165, 1.54) is 0 Å². The van der Waals surface area contributed by atoms with Gasteiger partial charge in [-0.1, -0.05) is 0 Å². The van der Waals surface area contributed by atoms with Crippen LogP contribution in [-0.2, 0) is 14.3 Å². The normalized spacial score (nSPS) is 9.44. The highest BCUT2D eigenvalue weighted by Gasteiger charge is 1.83. The van der Waals surface area contributed by atoms with Crippen molar-refractivity contribution in [1.82, 2.24) is 0 Å².